The molecule has 0 aromatic heterocycles. The van der Waals surface area contributed by atoms with Crippen LogP contribution in [0.2, 0.25) is 5.02 Å². The first-order valence-electron chi connectivity index (χ1n) is 7.04. The van der Waals surface area contributed by atoms with Crippen LogP contribution in [0.25, 0.3) is 0 Å². The van der Waals surface area contributed by atoms with Gasteiger partial charge in [-0.3, -0.25) is 14.9 Å². The number of quaternary nitrogens is 1. The lowest BCUT2D eigenvalue weighted by molar-refractivity contribution is -0.885. The largest absolute Gasteiger partial charge is 0.326 e. The zero-order chi connectivity index (χ0) is 16.8. The van der Waals surface area contributed by atoms with Gasteiger partial charge < -0.3 is 10.2 Å². The number of non-ortho nitro benzene ring substituents is 1. The minimum atomic E-state index is -0.494. The average molecular weight is 335 g/mol. The Hall–Kier alpha value is -2.44. The van der Waals surface area contributed by atoms with Crippen molar-refractivity contribution in [3.05, 3.63) is 69.2 Å². The van der Waals surface area contributed by atoms with Crippen LogP contribution in [-0.2, 0) is 11.3 Å². The van der Waals surface area contributed by atoms with Gasteiger partial charge in [-0.15, -0.1) is 0 Å². The maximum Gasteiger partial charge on any atom is 0.279 e. The number of nitrogens with one attached hydrogen (secondary N) is 2. The highest BCUT2D eigenvalue weighted by atomic mass is 35.5. The number of rotatable bonds is 6. The van der Waals surface area contributed by atoms with Gasteiger partial charge in [-0.05, 0) is 18.2 Å². The summed E-state index contributed by atoms with van der Waals surface area (Å²) in [5, 5.41) is 14.1. The molecule has 0 fully saturated rings. The van der Waals surface area contributed by atoms with E-state index in [-0.39, 0.29) is 18.1 Å². The molecule has 23 heavy (non-hydrogen) atoms. The Balaban J connectivity index is 1.91. The summed E-state index contributed by atoms with van der Waals surface area (Å²) in [5.41, 5.74) is 1.40. The summed E-state index contributed by atoms with van der Waals surface area (Å²) < 4.78 is 0. The molecule has 0 aliphatic heterocycles. The number of carbonyl (C=O) groups is 1. The summed E-state index contributed by atoms with van der Waals surface area (Å²) >= 11 is 5.94. The van der Waals surface area contributed by atoms with E-state index in [1.54, 1.807) is 12.1 Å². The average Bonchev–Trinajstić information content (AvgIpc) is 2.47. The molecule has 0 saturated carbocycles. The zero-order valence-electron chi connectivity index (χ0n) is 12.6. The van der Waals surface area contributed by atoms with Crippen LogP contribution in [0.5, 0.6) is 0 Å². The van der Waals surface area contributed by atoms with E-state index in [9.17, 15) is 14.9 Å². The maximum absolute atomic E-state index is 12.0. The summed E-state index contributed by atoms with van der Waals surface area (Å²) in [7, 11) is 1.90. The van der Waals surface area contributed by atoms with Gasteiger partial charge >= 0.3 is 0 Å². The Kier molecular flexibility index (Phi) is 5.67. The summed E-state index contributed by atoms with van der Waals surface area (Å²) in [6, 6.07) is 13.4. The molecular formula is C16H17ClN3O3+. The molecule has 2 N–H and O–H groups in total. The van der Waals surface area contributed by atoms with Crippen molar-refractivity contribution in [3.8, 4) is 0 Å². The highest BCUT2D eigenvalue weighted by Gasteiger charge is 2.13. The Bertz CT molecular complexity index is 721. The van der Waals surface area contributed by atoms with Crippen LogP contribution in [0.3, 0.4) is 0 Å². The van der Waals surface area contributed by atoms with Crippen molar-refractivity contribution < 1.29 is 14.6 Å². The van der Waals surface area contributed by atoms with Gasteiger partial charge in [0.2, 0.25) is 0 Å². The van der Waals surface area contributed by atoms with Gasteiger partial charge in [0.25, 0.3) is 11.6 Å². The van der Waals surface area contributed by atoms with E-state index in [4.69, 9.17) is 11.6 Å². The molecule has 1 unspecified atom stereocenters. The molecule has 0 spiro atoms. The Morgan fingerprint density at radius 2 is 2.00 bits per heavy atom. The fraction of sp³-hybridized carbons (Fsp3) is 0.188. The summed E-state index contributed by atoms with van der Waals surface area (Å²) in [6.07, 6.45) is 0. The number of benzene rings is 2. The molecule has 1 atom stereocenters. The number of amides is 1. The van der Waals surface area contributed by atoms with Gasteiger partial charge in [0, 0.05) is 28.4 Å². The monoisotopic (exact) mass is 334 g/mol. The summed E-state index contributed by atoms with van der Waals surface area (Å²) in [6.45, 7) is 0.901. The molecule has 6 nitrogen and oxygen atoms in total. The SMILES string of the molecule is C[NH+](CC(=O)Nc1cccc([N+](=O)[O-])c1)Cc1cccc(Cl)c1. The minimum Gasteiger partial charge on any atom is -0.326 e. The van der Waals surface area contributed by atoms with E-state index in [0.717, 1.165) is 10.5 Å². The van der Waals surface area contributed by atoms with Gasteiger partial charge in [0.1, 0.15) is 6.54 Å². The third-order valence-corrected chi connectivity index (χ3v) is 3.43. The van der Waals surface area contributed by atoms with Crippen LogP contribution in [0.15, 0.2) is 48.5 Å². The normalized spacial score (nSPS) is 11.7. The number of nitro groups is 1. The fourth-order valence-electron chi connectivity index (χ4n) is 2.23. The lowest BCUT2D eigenvalue weighted by Crippen LogP contribution is -3.08. The van der Waals surface area contributed by atoms with Gasteiger partial charge in [0.05, 0.1) is 12.0 Å². The lowest BCUT2D eigenvalue weighted by atomic mass is 10.2. The Morgan fingerprint density at radius 1 is 1.26 bits per heavy atom. The molecular weight excluding hydrogens is 318 g/mol. The second-order valence-corrected chi connectivity index (χ2v) is 5.73. The molecule has 0 radical (unpaired) electrons. The Morgan fingerprint density at radius 3 is 2.70 bits per heavy atom. The quantitative estimate of drug-likeness (QED) is 0.625. The minimum absolute atomic E-state index is 0.0533. The second kappa shape index (κ2) is 7.71. The van der Waals surface area contributed by atoms with E-state index < -0.39 is 4.92 Å². The van der Waals surface area contributed by atoms with Crippen LogP contribution >= 0.6 is 11.6 Å². The van der Waals surface area contributed by atoms with E-state index in [0.29, 0.717) is 17.3 Å². The molecule has 7 heteroatoms. The summed E-state index contributed by atoms with van der Waals surface area (Å²) in [4.78, 5) is 23.2. The van der Waals surface area contributed by atoms with Crippen molar-refractivity contribution >= 4 is 28.9 Å². The number of nitro benzene ring substituents is 1. The first-order chi connectivity index (χ1) is 10.9. The molecule has 0 bridgehead atoms. The maximum atomic E-state index is 12.0. The van der Waals surface area contributed by atoms with Crippen molar-refractivity contribution in [2.45, 2.75) is 6.54 Å². The zero-order valence-corrected chi connectivity index (χ0v) is 13.3. The number of anilines is 1. The smallest absolute Gasteiger partial charge is 0.279 e. The molecule has 2 aromatic rings. The van der Waals surface area contributed by atoms with Crippen molar-refractivity contribution in [2.75, 3.05) is 18.9 Å². The third-order valence-electron chi connectivity index (χ3n) is 3.20. The van der Waals surface area contributed by atoms with Crippen molar-refractivity contribution in [1.82, 2.24) is 0 Å². The van der Waals surface area contributed by atoms with E-state index in [1.165, 1.54) is 18.2 Å². The van der Waals surface area contributed by atoms with Crippen LogP contribution in [0.1, 0.15) is 5.56 Å². The van der Waals surface area contributed by atoms with E-state index in [1.807, 2.05) is 25.2 Å². The third kappa shape index (κ3) is 5.36. The number of likely N-dealkylation sites (N-methyl/N-ethyl adjacent to an activating group) is 1. The molecule has 0 aliphatic rings. The van der Waals surface area contributed by atoms with Crippen molar-refractivity contribution in [2.24, 2.45) is 0 Å². The first kappa shape index (κ1) is 16.9. The van der Waals surface area contributed by atoms with Crippen LogP contribution in [0.4, 0.5) is 11.4 Å². The molecule has 0 heterocycles. The summed E-state index contributed by atoms with van der Waals surface area (Å²) in [5.74, 6) is -0.204. The molecule has 2 rings (SSSR count). The number of nitrogens with zero attached hydrogens (tertiary/aromatic N) is 1. The van der Waals surface area contributed by atoms with Gasteiger partial charge in [-0.2, -0.15) is 0 Å². The predicted octanol–water partition coefficient (Wildman–Crippen LogP) is 1.90. The number of hydrogen-bond donors (Lipinski definition) is 2. The highest BCUT2D eigenvalue weighted by Crippen LogP contribution is 2.16. The van der Waals surface area contributed by atoms with Crippen LogP contribution in [0, 0.1) is 10.1 Å². The van der Waals surface area contributed by atoms with E-state index >= 15 is 0 Å². The number of hydrogen-bond acceptors (Lipinski definition) is 3. The van der Waals surface area contributed by atoms with Gasteiger partial charge in [-0.25, -0.2) is 0 Å². The molecule has 1 amide bonds. The first-order valence-corrected chi connectivity index (χ1v) is 7.42. The van der Waals surface area contributed by atoms with Gasteiger partial charge in [-0.1, -0.05) is 29.8 Å². The number of carbonyl (C=O) groups excluding carboxylic acids is 1. The lowest BCUT2D eigenvalue weighted by Gasteiger charge is -2.14. The van der Waals surface area contributed by atoms with Crippen molar-refractivity contribution in [3.63, 3.8) is 0 Å². The molecule has 0 aliphatic carbocycles. The highest BCUT2D eigenvalue weighted by molar-refractivity contribution is 6.30. The predicted molar refractivity (Wildman–Crippen MR) is 88.6 cm³/mol. The molecule has 0 saturated heterocycles. The van der Waals surface area contributed by atoms with Crippen molar-refractivity contribution in [1.29, 1.82) is 0 Å². The molecule has 120 valence electrons. The second-order valence-electron chi connectivity index (χ2n) is 5.30. The number of halogens is 1. The standard InChI is InChI=1S/C16H16ClN3O3/c1-19(10-12-4-2-5-13(17)8-12)11-16(21)18-14-6-3-7-15(9-14)20(22)23/h2-9H,10-11H2,1H3,(H,18,21)/p+1. The van der Waals surface area contributed by atoms with Crippen LogP contribution < -0.4 is 10.2 Å². The van der Waals surface area contributed by atoms with Crippen LogP contribution in [-0.4, -0.2) is 24.4 Å². The molecule has 2 aromatic carbocycles. The Labute approximate surface area is 138 Å². The van der Waals surface area contributed by atoms with E-state index in [2.05, 4.69) is 5.32 Å². The fourth-order valence-corrected chi connectivity index (χ4v) is 2.45. The topological polar surface area (TPSA) is 76.7 Å². The van der Waals surface area contributed by atoms with Gasteiger partial charge in [0.15, 0.2) is 6.54 Å².